The maximum Gasteiger partial charge on any atom is 0.244 e. The van der Waals surface area contributed by atoms with E-state index in [1.54, 1.807) is 36.4 Å². The van der Waals surface area contributed by atoms with Crippen LogP contribution in [0.25, 0.3) is 0 Å². The predicted octanol–water partition coefficient (Wildman–Crippen LogP) is 1.71. The van der Waals surface area contributed by atoms with Crippen LogP contribution in [0.1, 0.15) is 17.5 Å². The van der Waals surface area contributed by atoms with Crippen LogP contribution >= 0.6 is 0 Å². The van der Waals surface area contributed by atoms with Crippen LogP contribution in [-0.2, 0) is 16.6 Å². The summed E-state index contributed by atoms with van der Waals surface area (Å²) in [7, 11) is -3.67. The average molecular weight is 383 g/mol. The highest BCUT2D eigenvalue weighted by Gasteiger charge is 2.61. The molecule has 0 aliphatic carbocycles. The molecule has 2 aliphatic heterocycles. The maximum absolute atomic E-state index is 13.3. The lowest BCUT2D eigenvalue weighted by Gasteiger charge is -2.27. The Balaban J connectivity index is 1.56. The molecule has 140 valence electrons. The Bertz CT molecular complexity index is 970. The number of hydrogen-bond acceptors (Lipinski definition) is 5. The molecule has 27 heavy (non-hydrogen) atoms. The highest BCUT2D eigenvalue weighted by molar-refractivity contribution is 7.94. The molecule has 2 aromatic rings. The molecule has 2 aliphatic rings. The summed E-state index contributed by atoms with van der Waals surface area (Å²) in [6.07, 6.45) is -0.510. The Morgan fingerprint density at radius 2 is 1.85 bits per heavy atom. The molecular formula is C20H21N3O3S. The minimum Gasteiger partial charge on any atom is -0.389 e. The van der Waals surface area contributed by atoms with Gasteiger partial charge >= 0.3 is 0 Å². The fourth-order valence-electron chi connectivity index (χ4n) is 4.10. The number of para-hydroxylation sites is 1. The fourth-order valence-corrected chi connectivity index (χ4v) is 6.38. The van der Waals surface area contributed by atoms with E-state index in [4.69, 9.17) is 5.26 Å². The molecule has 0 bridgehead atoms. The van der Waals surface area contributed by atoms with E-state index in [9.17, 15) is 13.5 Å². The lowest BCUT2D eigenvalue weighted by molar-refractivity contribution is 0.143. The van der Waals surface area contributed by atoms with Crippen molar-refractivity contribution in [2.24, 2.45) is 0 Å². The van der Waals surface area contributed by atoms with Crippen molar-refractivity contribution in [2.75, 3.05) is 23.9 Å². The van der Waals surface area contributed by atoms with Gasteiger partial charge in [-0.2, -0.15) is 5.26 Å². The Morgan fingerprint density at radius 3 is 2.52 bits per heavy atom. The van der Waals surface area contributed by atoms with Crippen LogP contribution in [0.5, 0.6) is 0 Å². The molecule has 4 rings (SSSR count). The maximum atomic E-state index is 13.3. The number of β-amino-alcohol motifs (C(OH)–C–C–N with tert-alkyl or cyclic N) is 1. The van der Waals surface area contributed by atoms with Crippen molar-refractivity contribution in [3.63, 3.8) is 0 Å². The highest BCUT2D eigenvalue weighted by Crippen LogP contribution is 2.43. The first-order valence-electron chi connectivity index (χ1n) is 8.93. The molecule has 6 nitrogen and oxygen atoms in total. The first-order valence-corrected chi connectivity index (χ1v) is 10.4. The van der Waals surface area contributed by atoms with Gasteiger partial charge in [0.25, 0.3) is 0 Å². The summed E-state index contributed by atoms with van der Waals surface area (Å²) in [5.74, 6) is 0. The van der Waals surface area contributed by atoms with Gasteiger partial charge in [0, 0.05) is 19.6 Å². The molecule has 2 aromatic carbocycles. The summed E-state index contributed by atoms with van der Waals surface area (Å²) in [5.41, 5.74) is 2.22. The van der Waals surface area contributed by atoms with Gasteiger partial charge in [0.2, 0.25) is 10.0 Å². The number of likely N-dealkylation sites (tertiary alicyclic amines) is 1. The fraction of sp³-hybridized carbons (Fsp3) is 0.350. The van der Waals surface area contributed by atoms with Crippen LogP contribution in [0.15, 0.2) is 54.6 Å². The predicted molar refractivity (Wildman–Crippen MR) is 102 cm³/mol. The van der Waals surface area contributed by atoms with E-state index in [1.165, 1.54) is 4.31 Å². The molecule has 0 saturated carbocycles. The van der Waals surface area contributed by atoms with Crippen LogP contribution in [0.3, 0.4) is 0 Å². The van der Waals surface area contributed by atoms with Crippen molar-refractivity contribution in [3.05, 3.63) is 65.7 Å². The van der Waals surface area contributed by atoms with E-state index in [1.807, 2.05) is 18.2 Å². The molecular weight excluding hydrogens is 362 g/mol. The zero-order chi connectivity index (χ0) is 19.1. The largest absolute Gasteiger partial charge is 0.389 e. The van der Waals surface area contributed by atoms with Crippen LogP contribution in [0, 0.1) is 11.3 Å². The van der Waals surface area contributed by atoms with E-state index in [0.717, 1.165) is 5.56 Å². The molecule has 1 spiro atoms. The quantitative estimate of drug-likeness (QED) is 0.872. The summed E-state index contributed by atoms with van der Waals surface area (Å²) < 4.78 is 26.8. The third kappa shape index (κ3) is 2.90. The van der Waals surface area contributed by atoms with Gasteiger partial charge in [-0.1, -0.05) is 30.3 Å². The highest BCUT2D eigenvalue weighted by atomic mass is 32.2. The summed E-state index contributed by atoms with van der Waals surface area (Å²) in [4.78, 5) is 2.07. The number of benzene rings is 2. The Labute approximate surface area is 159 Å². The number of nitrogens with zero attached hydrogens (tertiary/aromatic N) is 3. The van der Waals surface area contributed by atoms with Crippen molar-refractivity contribution < 1.29 is 13.5 Å². The van der Waals surface area contributed by atoms with Gasteiger partial charge in [0.05, 0.1) is 30.0 Å². The number of aliphatic hydroxyl groups excluding tert-OH is 1. The van der Waals surface area contributed by atoms with Crippen molar-refractivity contribution in [3.8, 4) is 6.07 Å². The Morgan fingerprint density at radius 1 is 1.15 bits per heavy atom. The lowest BCUT2D eigenvalue weighted by Crippen LogP contribution is -2.47. The Kier molecular flexibility index (Phi) is 4.42. The molecule has 0 aromatic heterocycles. The monoisotopic (exact) mass is 383 g/mol. The zero-order valence-corrected chi connectivity index (χ0v) is 15.6. The number of rotatable bonds is 3. The molecule has 0 radical (unpaired) electrons. The molecule has 2 heterocycles. The third-order valence-corrected chi connectivity index (χ3v) is 8.20. The minimum atomic E-state index is -3.67. The molecule has 2 saturated heterocycles. The average Bonchev–Trinajstić information content (AvgIpc) is 3.19. The molecule has 1 N–H and O–H groups in total. The smallest absolute Gasteiger partial charge is 0.244 e. The topological polar surface area (TPSA) is 84.6 Å². The summed E-state index contributed by atoms with van der Waals surface area (Å²) in [6.45, 7) is 1.61. The molecule has 2 atom stereocenters. The van der Waals surface area contributed by atoms with Gasteiger partial charge in [0.1, 0.15) is 4.75 Å². The normalized spacial score (nSPS) is 27.1. The van der Waals surface area contributed by atoms with Crippen molar-refractivity contribution >= 4 is 15.7 Å². The standard InChI is InChI=1S/C20H21N3O3S/c21-12-16-6-8-17(9-7-16)13-22-11-10-20(15-22)19(24)14-23(27(20,25)26)18-4-2-1-3-5-18/h1-9,19,24H,10-11,13-15H2/t19-,20+/m0/s1. The summed E-state index contributed by atoms with van der Waals surface area (Å²) >= 11 is 0. The van der Waals surface area contributed by atoms with Crippen molar-refractivity contribution in [1.82, 2.24) is 4.90 Å². The van der Waals surface area contributed by atoms with Gasteiger partial charge in [-0.3, -0.25) is 9.21 Å². The van der Waals surface area contributed by atoms with E-state index < -0.39 is 20.9 Å². The van der Waals surface area contributed by atoms with Crippen LogP contribution in [-0.4, -0.2) is 48.9 Å². The molecule has 0 amide bonds. The van der Waals surface area contributed by atoms with Gasteiger partial charge in [0.15, 0.2) is 0 Å². The molecule has 7 heteroatoms. The molecule has 0 unspecified atom stereocenters. The number of aliphatic hydroxyl groups is 1. The lowest BCUT2D eigenvalue weighted by atomic mass is 10.0. The second kappa shape index (κ2) is 6.64. The second-order valence-electron chi connectivity index (χ2n) is 7.22. The summed E-state index contributed by atoms with van der Waals surface area (Å²) in [5, 5.41) is 19.6. The van der Waals surface area contributed by atoms with Gasteiger partial charge in [-0.05, 0) is 36.2 Å². The van der Waals surface area contributed by atoms with Crippen LogP contribution in [0.2, 0.25) is 0 Å². The van der Waals surface area contributed by atoms with Gasteiger partial charge in [-0.25, -0.2) is 8.42 Å². The SMILES string of the molecule is N#Cc1ccc(CN2CC[C@@]3(C2)[C@@H](O)CN(c2ccccc2)S3(=O)=O)cc1. The van der Waals surface area contributed by atoms with E-state index in [-0.39, 0.29) is 6.54 Å². The Hall–Kier alpha value is -2.40. The van der Waals surface area contributed by atoms with Crippen LogP contribution < -0.4 is 4.31 Å². The number of anilines is 1. The van der Waals surface area contributed by atoms with Gasteiger partial charge in [-0.15, -0.1) is 0 Å². The summed E-state index contributed by atoms with van der Waals surface area (Å²) in [6, 6.07) is 18.3. The first kappa shape index (κ1) is 18.0. The molecule has 2 fully saturated rings. The zero-order valence-electron chi connectivity index (χ0n) is 14.8. The van der Waals surface area contributed by atoms with Crippen molar-refractivity contribution in [1.29, 1.82) is 5.26 Å². The minimum absolute atomic E-state index is 0.0943. The first-order chi connectivity index (χ1) is 13.0. The number of nitriles is 1. The van der Waals surface area contributed by atoms with Gasteiger partial charge < -0.3 is 5.11 Å². The van der Waals surface area contributed by atoms with E-state index in [0.29, 0.717) is 37.3 Å². The van der Waals surface area contributed by atoms with E-state index in [2.05, 4.69) is 11.0 Å². The van der Waals surface area contributed by atoms with E-state index >= 15 is 0 Å². The third-order valence-electron chi connectivity index (χ3n) is 5.63. The number of hydrogen-bond donors (Lipinski definition) is 1. The van der Waals surface area contributed by atoms with Crippen LogP contribution in [0.4, 0.5) is 5.69 Å². The second-order valence-corrected chi connectivity index (χ2v) is 9.43. The van der Waals surface area contributed by atoms with Crippen molar-refractivity contribution in [2.45, 2.75) is 23.8 Å². The number of sulfonamides is 1.